The van der Waals surface area contributed by atoms with Gasteiger partial charge in [0.25, 0.3) is 0 Å². The highest BCUT2D eigenvalue weighted by atomic mass is 31.2. The first-order valence-corrected chi connectivity index (χ1v) is 42.3. The number of aliphatic hydroxyl groups is 1. The summed E-state index contributed by atoms with van der Waals surface area (Å²) in [5.74, 6) is 0.120. The van der Waals surface area contributed by atoms with Crippen molar-refractivity contribution in [3.05, 3.63) is 0 Å². The summed E-state index contributed by atoms with van der Waals surface area (Å²) in [5.41, 5.74) is 0. The monoisotopic (exact) mass is 1400 g/mol. The smallest absolute Gasteiger partial charge is 0.462 e. The van der Waals surface area contributed by atoms with E-state index in [2.05, 4.69) is 48.5 Å². The maximum atomic E-state index is 13.1. The van der Waals surface area contributed by atoms with Crippen molar-refractivity contribution >= 4 is 39.5 Å². The van der Waals surface area contributed by atoms with Gasteiger partial charge in [0.05, 0.1) is 26.4 Å². The van der Waals surface area contributed by atoms with Gasteiger partial charge in [-0.25, -0.2) is 9.13 Å². The molecular formula is C76H148O17P2. The molecule has 0 aliphatic rings. The van der Waals surface area contributed by atoms with Gasteiger partial charge in [-0.15, -0.1) is 0 Å². The second-order valence-corrected chi connectivity index (χ2v) is 31.7. The topological polar surface area (TPSA) is 237 Å². The van der Waals surface area contributed by atoms with E-state index in [-0.39, 0.29) is 25.7 Å². The Kier molecular flexibility index (Phi) is 65.2. The highest BCUT2D eigenvalue weighted by Gasteiger charge is 2.30. The summed E-state index contributed by atoms with van der Waals surface area (Å²) in [4.78, 5) is 72.8. The van der Waals surface area contributed by atoms with Gasteiger partial charge in [-0.05, 0) is 43.4 Å². The van der Waals surface area contributed by atoms with Crippen molar-refractivity contribution in [2.24, 2.45) is 17.8 Å². The van der Waals surface area contributed by atoms with Crippen molar-refractivity contribution in [2.75, 3.05) is 39.6 Å². The van der Waals surface area contributed by atoms with E-state index in [0.717, 1.165) is 108 Å². The Morgan fingerprint density at radius 1 is 0.284 bits per heavy atom. The lowest BCUT2D eigenvalue weighted by molar-refractivity contribution is -0.161. The number of aliphatic hydroxyl groups excluding tert-OH is 1. The number of phosphoric acid groups is 2. The summed E-state index contributed by atoms with van der Waals surface area (Å²) in [6, 6.07) is 0. The van der Waals surface area contributed by atoms with E-state index in [1.54, 1.807) is 0 Å². The number of hydrogen-bond donors (Lipinski definition) is 3. The first kappa shape index (κ1) is 93.1. The van der Waals surface area contributed by atoms with Crippen LogP contribution >= 0.6 is 15.6 Å². The fourth-order valence-corrected chi connectivity index (χ4v) is 13.2. The van der Waals surface area contributed by atoms with E-state index in [1.807, 2.05) is 0 Å². The van der Waals surface area contributed by atoms with Crippen LogP contribution in [0.3, 0.4) is 0 Å². The quantitative estimate of drug-likeness (QED) is 0.0222. The molecule has 0 radical (unpaired) electrons. The van der Waals surface area contributed by atoms with Crippen LogP contribution in [0.4, 0.5) is 0 Å². The zero-order chi connectivity index (χ0) is 70.1. The molecule has 0 rings (SSSR count). The van der Waals surface area contributed by atoms with Crippen molar-refractivity contribution < 1.29 is 80.2 Å². The van der Waals surface area contributed by atoms with Crippen molar-refractivity contribution in [1.82, 2.24) is 0 Å². The van der Waals surface area contributed by atoms with Crippen LogP contribution in [0, 0.1) is 17.8 Å². The zero-order valence-electron chi connectivity index (χ0n) is 62.1. The predicted molar refractivity (Wildman–Crippen MR) is 386 cm³/mol. The van der Waals surface area contributed by atoms with Gasteiger partial charge in [0, 0.05) is 25.7 Å². The van der Waals surface area contributed by atoms with Crippen LogP contribution in [-0.4, -0.2) is 96.7 Å². The number of carbonyl (C=O) groups is 4. The number of hydrogen-bond acceptors (Lipinski definition) is 15. The minimum Gasteiger partial charge on any atom is -0.462 e. The maximum Gasteiger partial charge on any atom is 0.472 e. The lowest BCUT2D eigenvalue weighted by atomic mass is 10.0. The van der Waals surface area contributed by atoms with Gasteiger partial charge >= 0.3 is 39.5 Å². The SMILES string of the molecule is CCCCCCCCCCCCCCCCCCCCC(=O)O[C@H](COC(=O)CCCCCCCCCCCCC(C)C)COP(=O)(O)OC[C@@H](O)COP(=O)(O)OC[C@@H](COC(=O)CCCCCCCCCCCC(C)C)OC(=O)CCCCCCCCCCCC(C)C. The molecule has 564 valence electrons. The maximum absolute atomic E-state index is 13.1. The van der Waals surface area contributed by atoms with Gasteiger partial charge in [0.2, 0.25) is 0 Å². The molecule has 95 heavy (non-hydrogen) atoms. The van der Waals surface area contributed by atoms with Gasteiger partial charge in [-0.1, -0.05) is 337 Å². The van der Waals surface area contributed by atoms with E-state index in [9.17, 15) is 43.2 Å². The first-order chi connectivity index (χ1) is 45.7. The van der Waals surface area contributed by atoms with Gasteiger partial charge in [0.1, 0.15) is 19.3 Å². The van der Waals surface area contributed by atoms with Crippen molar-refractivity contribution in [3.63, 3.8) is 0 Å². The van der Waals surface area contributed by atoms with Crippen molar-refractivity contribution in [2.45, 2.75) is 407 Å². The number of ether oxygens (including phenoxy) is 4. The van der Waals surface area contributed by atoms with Crippen LogP contribution < -0.4 is 0 Å². The van der Waals surface area contributed by atoms with Gasteiger partial charge < -0.3 is 33.8 Å². The summed E-state index contributed by atoms with van der Waals surface area (Å²) in [6.45, 7) is 11.9. The molecular weight excluding hydrogens is 1250 g/mol. The molecule has 0 saturated carbocycles. The fraction of sp³-hybridized carbons (Fsp3) is 0.947. The summed E-state index contributed by atoms with van der Waals surface area (Å²) in [7, 11) is -9.91. The van der Waals surface area contributed by atoms with E-state index in [4.69, 9.17) is 37.0 Å². The largest absolute Gasteiger partial charge is 0.472 e. The molecule has 0 aliphatic heterocycles. The summed E-state index contributed by atoms with van der Waals surface area (Å²) >= 11 is 0. The van der Waals surface area contributed by atoms with E-state index < -0.39 is 97.5 Å². The van der Waals surface area contributed by atoms with Crippen LogP contribution in [0.25, 0.3) is 0 Å². The van der Waals surface area contributed by atoms with Gasteiger partial charge in [0.15, 0.2) is 12.2 Å². The standard InChI is InChI=1S/C76H148O17P2/c1-8-9-10-11-12-13-14-15-16-17-18-19-20-21-30-38-45-52-59-75(80)92-71(63-86-73(78)57-50-43-36-29-23-22-26-33-40-47-54-67(2)3)65-90-94(82,83)88-61-70(77)62-89-95(84,85)91-66-72(93-76(81)60-53-46-39-32-25-28-35-42-49-56-69(6)7)64-87-74(79)58-51-44-37-31-24-27-34-41-48-55-68(4)5/h67-72,77H,8-66H2,1-7H3,(H,82,83)(H,84,85)/t70-,71-,72-/m1/s1. The second-order valence-electron chi connectivity index (χ2n) is 28.8. The Hall–Kier alpha value is -1.94. The molecule has 5 atom stereocenters. The minimum absolute atomic E-state index is 0.105. The normalized spacial score (nSPS) is 14.1. The molecule has 0 bridgehead atoms. The summed E-state index contributed by atoms with van der Waals surface area (Å²) in [6.07, 6.45) is 52.7. The van der Waals surface area contributed by atoms with Gasteiger partial charge in [-0.2, -0.15) is 0 Å². The number of unbranched alkanes of at least 4 members (excludes halogenated alkanes) is 42. The van der Waals surface area contributed by atoms with Crippen molar-refractivity contribution in [3.8, 4) is 0 Å². The highest BCUT2D eigenvalue weighted by molar-refractivity contribution is 7.47. The summed E-state index contributed by atoms with van der Waals surface area (Å²) in [5, 5.41) is 10.6. The van der Waals surface area contributed by atoms with Crippen LogP contribution in [0.1, 0.15) is 389 Å². The third-order valence-electron chi connectivity index (χ3n) is 17.6. The van der Waals surface area contributed by atoms with Crippen molar-refractivity contribution in [1.29, 1.82) is 0 Å². The lowest BCUT2D eigenvalue weighted by Gasteiger charge is -2.21. The molecule has 17 nitrogen and oxygen atoms in total. The van der Waals surface area contributed by atoms with Crippen LogP contribution in [-0.2, 0) is 65.4 Å². The molecule has 0 spiro atoms. The van der Waals surface area contributed by atoms with Crippen LogP contribution in [0.2, 0.25) is 0 Å². The Bertz CT molecular complexity index is 1850. The molecule has 2 unspecified atom stereocenters. The molecule has 0 amide bonds. The molecule has 0 aromatic carbocycles. The Morgan fingerprint density at radius 3 is 0.716 bits per heavy atom. The number of carbonyl (C=O) groups excluding carboxylic acids is 4. The Balaban J connectivity index is 5.25. The van der Waals surface area contributed by atoms with E-state index in [0.29, 0.717) is 25.7 Å². The molecule has 0 aliphatic carbocycles. The van der Waals surface area contributed by atoms with E-state index >= 15 is 0 Å². The average molecular weight is 1400 g/mol. The third kappa shape index (κ3) is 70.3. The molecule has 3 N–H and O–H groups in total. The molecule has 0 saturated heterocycles. The zero-order valence-corrected chi connectivity index (χ0v) is 63.9. The van der Waals surface area contributed by atoms with E-state index in [1.165, 1.54) is 199 Å². The Labute approximate surface area is 581 Å². The Morgan fingerprint density at radius 2 is 0.484 bits per heavy atom. The number of esters is 4. The lowest BCUT2D eigenvalue weighted by Crippen LogP contribution is -2.30. The third-order valence-corrected chi connectivity index (χ3v) is 19.5. The predicted octanol–water partition coefficient (Wildman–Crippen LogP) is 22.2. The molecule has 19 heteroatoms. The fourth-order valence-electron chi connectivity index (χ4n) is 11.6. The second kappa shape index (κ2) is 66.6. The highest BCUT2D eigenvalue weighted by Crippen LogP contribution is 2.45. The summed E-state index contributed by atoms with van der Waals surface area (Å²) < 4.78 is 68.5. The van der Waals surface area contributed by atoms with Crippen LogP contribution in [0.5, 0.6) is 0 Å². The number of phosphoric ester groups is 2. The minimum atomic E-state index is -4.96. The van der Waals surface area contributed by atoms with Crippen LogP contribution in [0.15, 0.2) is 0 Å². The molecule has 0 heterocycles. The first-order valence-electron chi connectivity index (χ1n) is 39.3. The average Bonchev–Trinajstić information content (AvgIpc) is 1.78. The molecule has 0 aromatic rings. The molecule has 0 fully saturated rings. The van der Waals surface area contributed by atoms with Gasteiger partial charge in [-0.3, -0.25) is 37.3 Å². The number of rotatable bonds is 74. The molecule has 0 aromatic heterocycles.